The summed E-state index contributed by atoms with van der Waals surface area (Å²) >= 11 is 0. The highest BCUT2D eigenvalue weighted by Gasteiger charge is 2.21. The van der Waals surface area contributed by atoms with E-state index in [0.29, 0.717) is 5.56 Å². The molecule has 0 unspecified atom stereocenters. The molecular weight excluding hydrogens is 274 g/mol. The molecule has 0 heterocycles. The number of carbonyl (C=O) groups excluding carboxylic acids is 3. The van der Waals surface area contributed by atoms with Gasteiger partial charge in [0.1, 0.15) is 6.10 Å². The molecule has 21 heavy (non-hydrogen) atoms. The molecule has 1 amide bonds. The van der Waals surface area contributed by atoms with Gasteiger partial charge in [-0.15, -0.1) is 0 Å². The topological polar surface area (TPSA) is 92.7 Å². The second-order valence-electron chi connectivity index (χ2n) is 4.61. The van der Waals surface area contributed by atoms with Crippen LogP contribution < -0.4 is 5.32 Å². The van der Waals surface area contributed by atoms with Crippen LogP contribution in [0.1, 0.15) is 31.9 Å². The van der Waals surface area contributed by atoms with Crippen molar-refractivity contribution in [2.75, 3.05) is 6.54 Å². The predicted octanol–water partition coefficient (Wildman–Crippen LogP) is 0.747. The van der Waals surface area contributed by atoms with Gasteiger partial charge < -0.3 is 15.2 Å². The first kappa shape index (κ1) is 16.8. The van der Waals surface area contributed by atoms with Crippen LogP contribution in [-0.2, 0) is 19.1 Å². The predicted molar refractivity (Wildman–Crippen MR) is 75.3 cm³/mol. The number of Topliss-reactive ketones (excluding diaryl/α,β-unsaturated/α-hetero) is 1. The lowest BCUT2D eigenvalue weighted by Gasteiger charge is -2.15. The van der Waals surface area contributed by atoms with E-state index < -0.39 is 24.1 Å². The van der Waals surface area contributed by atoms with E-state index in [1.54, 1.807) is 30.3 Å². The van der Waals surface area contributed by atoms with Gasteiger partial charge in [0.05, 0.1) is 6.42 Å². The monoisotopic (exact) mass is 293 g/mol. The smallest absolute Gasteiger partial charge is 0.308 e. The minimum atomic E-state index is -1.13. The van der Waals surface area contributed by atoms with Crippen LogP contribution in [0, 0.1) is 0 Å². The van der Waals surface area contributed by atoms with Crippen LogP contribution in [0.3, 0.4) is 0 Å². The average Bonchev–Trinajstić information content (AvgIpc) is 2.45. The van der Waals surface area contributed by atoms with Gasteiger partial charge in [-0.25, -0.2) is 0 Å². The fourth-order valence-electron chi connectivity index (χ4n) is 1.64. The molecule has 0 aliphatic heterocycles. The molecule has 1 aromatic carbocycles. The second kappa shape index (κ2) is 8.16. The van der Waals surface area contributed by atoms with Gasteiger partial charge in [0.15, 0.2) is 11.9 Å². The molecule has 0 aliphatic rings. The van der Waals surface area contributed by atoms with Gasteiger partial charge in [-0.3, -0.25) is 14.4 Å². The molecule has 0 fully saturated rings. The van der Waals surface area contributed by atoms with Crippen LogP contribution in [-0.4, -0.2) is 35.4 Å². The Balaban J connectivity index is 2.51. The fraction of sp³-hybridized carbons (Fsp3) is 0.400. The van der Waals surface area contributed by atoms with E-state index in [9.17, 15) is 14.4 Å². The number of hydrogen-bond acceptors (Lipinski definition) is 5. The molecule has 0 saturated heterocycles. The molecule has 2 N–H and O–H groups in total. The summed E-state index contributed by atoms with van der Waals surface area (Å²) in [6.07, 6.45) is -2.14. The first-order valence-corrected chi connectivity index (χ1v) is 6.62. The summed E-state index contributed by atoms with van der Waals surface area (Å²) in [7, 11) is 0. The molecule has 0 aliphatic carbocycles. The number of carbonyl (C=O) groups is 3. The van der Waals surface area contributed by atoms with Crippen molar-refractivity contribution in [1.82, 2.24) is 5.32 Å². The number of ketones is 1. The minimum Gasteiger partial charge on any atom is -0.449 e. The zero-order valence-electron chi connectivity index (χ0n) is 12.0. The quantitative estimate of drug-likeness (QED) is 0.724. The third-order valence-electron chi connectivity index (χ3n) is 2.73. The largest absolute Gasteiger partial charge is 0.449 e. The maximum Gasteiger partial charge on any atom is 0.308 e. The lowest BCUT2D eigenvalue weighted by Crippen LogP contribution is -2.34. The van der Waals surface area contributed by atoms with E-state index >= 15 is 0 Å². The molecule has 6 nitrogen and oxygen atoms in total. The van der Waals surface area contributed by atoms with E-state index in [1.165, 1.54) is 13.8 Å². The Kier molecular flexibility index (Phi) is 6.55. The zero-order valence-corrected chi connectivity index (χ0v) is 12.0. The van der Waals surface area contributed by atoms with Crippen molar-refractivity contribution < 1.29 is 24.2 Å². The van der Waals surface area contributed by atoms with E-state index in [4.69, 9.17) is 9.84 Å². The highest BCUT2D eigenvalue weighted by molar-refractivity contribution is 5.85. The number of benzene rings is 1. The van der Waals surface area contributed by atoms with Gasteiger partial charge in [0.2, 0.25) is 5.91 Å². The number of ether oxygens (including phenoxy) is 1. The number of esters is 1. The Labute approximate surface area is 123 Å². The average molecular weight is 293 g/mol. The van der Waals surface area contributed by atoms with Gasteiger partial charge in [-0.05, 0) is 19.4 Å². The van der Waals surface area contributed by atoms with Crippen LogP contribution in [0.4, 0.5) is 0 Å². The molecular formula is C15H19NO5. The minimum absolute atomic E-state index is 0.0436. The maximum absolute atomic E-state index is 11.7. The van der Waals surface area contributed by atoms with E-state index in [1.807, 2.05) is 0 Å². The molecule has 0 aromatic heterocycles. The van der Waals surface area contributed by atoms with Gasteiger partial charge in [0.25, 0.3) is 0 Å². The number of rotatable bonds is 7. The standard InChI is InChI=1S/C15H19NO5/c1-10(17)14(12-6-4-3-5-7-12)21-13(19)8-9-16-15(20)11(2)18/h3-7,11,14,18H,8-9H2,1-2H3,(H,16,20)/t11-,14+/m0/s1. The van der Waals surface area contributed by atoms with Crippen LogP contribution in [0.5, 0.6) is 0 Å². The van der Waals surface area contributed by atoms with Gasteiger partial charge in [0, 0.05) is 6.54 Å². The summed E-state index contributed by atoms with van der Waals surface area (Å²) in [6.45, 7) is 2.72. The third kappa shape index (κ3) is 5.74. The highest BCUT2D eigenvalue weighted by atomic mass is 16.5. The van der Waals surface area contributed by atoms with Gasteiger partial charge in [-0.1, -0.05) is 30.3 Å². The number of nitrogens with one attached hydrogen (secondary N) is 1. The number of aliphatic hydroxyl groups is 1. The van der Waals surface area contributed by atoms with Crippen molar-refractivity contribution in [2.24, 2.45) is 0 Å². The van der Waals surface area contributed by atoms with Crippen molar-refractivity contribution in [3.63, 3.8) is 0 Å². The van der Waals surface area contributed by atoms with Crippen molar-refractivity contribution in [3.8, 4) is 0 Å². The van der Waals surface area contributed by atoms with Crippen molar-refractivity contribution in [2.45, 2.75) is 32.5 Å². The van der Waals surface area contributed by atoms with Crippen molar-refractivity contribution in [1.29, 1.82) is 0 Å². The molecule has 0 spiro atoms. The SMILES string of the molecule is CC(=O)[C@@H](OC(=O)CCNC(=O)[C@H](C)O)c1ccccc1. The van der Waals surface area contributed by atoms with Crippen LogP contribution in [0.15, 0.2) is 30.3 Å². The fourth-order valence-corrected chi connectivity index (χ4v) is 1.64. The molecule has 0 bridgehead atoms. The summed E-state index contributed by atoms with van der Waals surface area (Å²) in [5.41, 5.74) is 0.603. The molecule has 0 saturated carbocycles. The van der Waals surface area contributed by atoms with Gasteiger partial charge in [-0.2, -0.15) is 0 Å². The number of aliphatic hydroxyl groups excluding tert-OH is 1. The Morgan fingerprint density at radius 3 is 2.38 bits per heavy atom. The third-order valence-corrected chi connectivity index (χ3v) is 2.73. The van der Waals surface area contributed by atoms with Crippen LogP contribution >= 0.6 is 0 Å². The first-order chi connectivity index (χ1) is 9.91. The lowest BCUT2D eigenvalue weighted by molar-refractivity contribution is -0.155. The first-order valence-electron chi connectivity index (χ1n) is 6.62. The summed E-state index contributed by atoms with van der Waals surface area (Å²) in [6, 6.07) is 8.71. The molecule has 1 aromatic rings. The van der Waals surface area contributed by atoms with Crippen molar-refractivity contribution >= 4 is 17.7 Å². The number of amides is 1. The number of hydrogen-bond donors (Lipinski definition) is 2. The summed E-state index contributed by atoms with van der Waals surface area (Å²) < 4.78 is 5.14. The van der Waals surface area contributed by atoms with Crippen LogP contribution in [0.25, 0.3) is 0 Å². The Morgan fingerprint density at radius 2 is 1.86 bits per heavy atom. The maximum atomic E-state index is 11.7. The molecule has 1 rings (SSSR count). The molecule has 0 radical (unpaired) electrons. The normalized spacial score (nSPS) is 13.1. The van der Waals surface area contributed by atoms with E-state index in [2.05, 4.69) is 5.32 Å². The lowest BCUT2D eigenvalue weighted by atomic mass is 10.1. The van der Waals surface area contributed by atoms with E-state index in [0.717, 1.165) is 0 Å². The Hall–Kier alpha value is -2.21. The van der Waals surface area contributed by atoms with E-state index in [-0.39, 0.29) is 18.7 Å². The molecule has 2 atom stereocenters. The molecule has 6 heteroatoms. The molecule has 114 valence electrons. The summed E-state index contributed by atoms with van der Waals surface area (Å²) in [4.78, 5) is 34.4. The van der Waals surface area contributed by atoms with Crippen molar-refractivity contribution in [3.05, 3.63) is 35.9 Å². The Bertz CT molecular complexity index is 498. The highest BCUT2D eigenvalue weighted by Crippen LogP contribution is 2.18. The van der Waals surface area contributed by atoms with Crippen LogP contribution in [0.2, 0.25) is 0 Å². The second-order valence-corrected chi connectivity index (χ2v) is 4.61. The zero-order chi connectivity index (χ0) is 15.8. The summed E-state index contributed by atoms with van der Waals surface area (Å²) in [5, 5.41) is 11.4. The summed E-state index contributed by atoms with van der Waals surface area (Å²) in [5.74, 6) is -1.43. The Morgan fingerprint density at radius 1 is 1.24 bits per heavy atom. The van der Waals surface area contributed by atoms with Gasteiger partial charge >= 0.3 is 5.97 Å².